The van der Waals surface area contributed by atoms with Crippen molar-refractivity contribution in [2.45, 2.75) is 30.5 Å². The van der Waals surface area contributed by atoms with Gasteiger partial charge in [0, 0.05) is 0 Å². The molecule has 0 spiro atoms. The van der Waals surface area contributed by atoms with Gasteiger partial charge in [0.25, 0.3) is 0 Å². The minimum Gasteiger partial charge on any atom is -0.467 e. The Morgan fingerprint density at radius 3 is 2.71 bits per heavy atom. The van der Waals surface area contributed by atoms with Crippen molar-refractivity contribution in [3.8, 4) is 0 Å². The van der Waals surface area contributed by atoms with E-state index in [1.54, 1.807) is 0 Å². The van der Waals surface area contributed by atoms with E-state index in [2.05, 4.69) is 4.74 Å². The van der Waals surface area contributed by atoms with Crippen LogP contribution in [-0.2, 0) is 19.0 Å². The number of aliphatic hydroxyl groups excluding tert-OH is 2. The summed E-state index contributed by atoms with van der Waals surface area (Å²) in [6.07, 6.45) is -4.16. The summed E-state index contributed by atoms with van der Waals surface area (Å²) >= 11 is 0. The molecule has 0 aliphatic carbocycles. The second-order valence-electron chi connectivity index (χ2n) is 3.40. The second kappa shape index (κ2) is 3.47. The summed E-state index contributed by atoms with van der Waals surface area (Å²) < 4.78 is 14.7. The van der Waals surface area contributed by atoms with Crippen molar-refractivity contribution in [2.75, 3.05) is 13.7 Å². The second-order valence-corrected chi connectivity index (χ2v) is 3.40. The summed E-state index contributed by atoms with van der Waals surface area (Å²) in [5.74, 6) is -0.650. The van der Waals surface area contributed by atoms with Gasteiger partial charge in [-0.25, -0.2) is 4.79 Å². The molecule has 2 saturated heterocycles. The van der Waals surface area contributed by atoms with Gasteiger partial charge in [0.2, 0.25) is 0 Å². The molecule has 5 atom stereocenters. The Morgan fingerprint density at radius 2 is 2.14 bits per heavy atom. The molecule has 2 aliphatic heterocycles. The van der Waals surface area contributed by atoms with Gasteiger partial charge < -0.3 is 24.4 Å². The summed E-state index contributed by atoms with van der Waals surface area (Å²) in [6.45, 7) is 0.125. The number of methoxy groups -OCH3 is 1. The van der Waals surface area contributed by atoms with E-state index in [0.29, 0.717) is 0 Å². The molecule has 6 heteroatoms. The molecule has 0 amide bonds. The highest BCUT2D eigenvalue weighted by molar-refractivity contribution is 5.76. The Balaban J connectivity index is 2.09. The van der Waals surface area contributed by atoms with Gasteiger partial charge >= 0.3 is 5.97 Å². The molecule has 2 fully saturated rings. The minimum atomic E-state index is -1.07. The Morgan fingerprint density at radius 1 is 1.43 bits per heavy atom. The molecule has 6 nitrogen and oxygen atoms in total. The van der Waals surface area contributed by atoms with Crippen LogP contribution in [0.4, 0.5) is 0 Å². The number of carbonyl (C=O) groups is 1. The van der Waals surface area contributed by atoms with Crippen LogP contribution in [0.3, 0.4) is 0 Å². The molecule has 0 aromatic carbocycles. The molecule has 0 bridgehead atoms. The number of rotatable bonds is 1. The first-order chi connectivity index (χ1) is 6.65. The molecule has 2 heterocycles. The number of fused-ring (bicyclic) bond motifs is 1. The van der Waals surface area contributed by atoms with E-state index in [-0.39, 0.29) is 6.61 Å². The van der Waals surface area contributed by atoms with Crippen LogP contribution in [0.5, 0.6) is 0 Å². The van der Waals surface area contributed by atoms with Crippen LogP contribution in [0.25, 0.3) is 0 Å². The molecule has 0 saturated carbocycles. The number of ether oxygens (including phenoxy) is 3. The SMILES string of the molecule is COC(=O)[C@H]1O[C@H]2[C@H](OC[C@H]2O)[C@H]1O. The average Bonchev–Trinajstić information content (AvgIpc) is 2.69. The van der Waals surface area contributed by atoms with Crippen LogP contribution in [0.2, 0.25) is 0 Å². The molecule has 0 radical (unpaired) electrons. The smallest absolute Gasteiger partial charge is 0.337 e. The van der Waals surface area contributed by atoms with Crippen molar-refractivity contribution in [1.29, 1.82) is 0 Å². The fraction of sp³-hybridized carbons (Fsp3) is 0.875. The van der Waals surface area contributed by atoms with E-state index in [1.165, 1.54) is 7.11 Å². The van der Waals surface area contributed by atoms with Crippen LogP contribution in [0.1, 0.15) is 0 Å². The molecule has 2 rings (SSSR count). The number of carbonyl (C=O) groups excluding carboxylic acids is 1. The summed E-state index contributed by atoms with van der Waals surface area (Å²) in [5, 5.41) is 19.0. The lowest BCUT2D eigenvalue weighted by Crippen LogP contribution is -2.37. The van der Waals surface area contributed by atoms with Crippen molar-refractivity contribution in [3.63, 3.8) is 0 Å². The van der Waals surface area contributed by atoms with E-state index >= 15 is 0 Å². The normalized spacial score (nSPS) is 46.4. The van der Waals surface area contributed by atoms with Gasteiger partial charge in [-0.05, 0) is 0 Å². The van der Waals surface area contributed by atoms with Gasteiger partial charge in [0.1, 0.15) is 24.4 Å². The number of aliphatic hydroxyl groups is 2. The van der Waals surface area contributed by atoms with Gasteiger partial charge in [-0.2, -0.15) is 0 Å². The van der Waals surface area contributed by atoms with Gasteiger partial charge in [0.15, 0.2) is 6.10 Å². The molecule has 2 N–H and O–H groups in total. The molecule has 0 unspecified atom stereocenters. The summed E-state index contributed by atoms with van der Waals surface area (Å²) in [4.78, 5) is 11.1. The monoisotopic (exact) mass is 204 g/mol. The maximum atomic E-state index is 11.1. The van der Waals surface area contributed by atoms with Crippen LogP contribution in [0.15, 0.2) is 0 Å². The predicted octanol–water partition coefficient (Wildman–Crippen LogP) is -1.95. The molecular weight excluding hydrogens is 192 g/mol. The Bertz CT molecular complexity index is 242. The molecular formula is C8H12O6. The van der Waals surface area contributed by atoms with E-state index < -0.39 is 36.5 Å². The Labute approximate surface area is 80.4 Å². The minimum absolute atomic E-state index is 0.125. The zero-order chi connectivity index (χ0) is 10.3. The highest BCUT2D eigenvalue weighted by Crippen LogP contribution is 2.31. The van der Waals surface area contributed by atoms with Crippen molar-refractivity contribution < 1.29 is 29.2 Å². The average molecular weight is 204 g/mol. The standard InChI is InChI=1S/C8H12O6/c1-12-8(11)7-4(10)6-5(14-7)3(9)2-13-6/h3-7,9-10H,2H2,1H3/t3-,4-,5-,6-,7+/m1/s1. The third-order valence-electron chi connectivity index (χ3n) is 2.55. The molecule has 80 valence electrons. The third-order valence-corrected chi connectivity index (χ3v) is 2.55. The van der Waals surface area contributed by atoms with E-state index in [0.717, 1.165) is 0 Å². The van der Waals surface area contributed by atoms with E-state index in [9.17, 15) is 15.0 Å². The van der Waals surface area contributed by atoms with E-state index in [4.69, 9.17) is 9.47 Å². The molecule has 14 heavy (non-hydrogen) atoms. The first-order valence-electron chi connectivity index (χ1n) is 4.36. The molecule has 0 aromatic heterocycles. The number of hydrogen-bond donors (Lipinski definition) is 2. The quantitative estimate of drug-likeness (QED) is 0.483. The Hall–Kier alpha value is -0.690. The maximum Gasteiger partial charge on any atom is 0.337 e. The lowest BCUT2D eigenvalue weighted by Gasteiger charge is -2.14. The number of esters is 1. The van der Waals surface area contributed by atoms with Gasteiger partial charge in [-0.15, -0.1) is 0 Å². The lowest BCUT2D eigenvalue weighted by atomic mass is 10.1. The first-order valence-corrected chi connectivity index (χ1v) is 4.36. The van der Waals surface area contributed by atoms with Crippen molar-refractivity contribution in [3.05, 3.63) is 0 Å². The third kappa shape index (κ3) is 1.31. The summed E-state index contributed by atoms with van der Waals surface area (Å²) in [7, 11) is 1.21. The highest BCUT2D eigenvalue weighted by atomic mass is 16.6. The molecule has 0 aromatic rings. The molecule has 2 aliphatic rings. The van der Waals surface area contributed by atoms with Crippen molar-refractivity contribution in [2.24, 2.45) is 0 Å². The predicted molar refractivity (Wildman–Crippen MR) is 42.4 cm³/mol. The lowest BCUT2D eigenvalue weighted by molar-refractivity contribution is -0.160. The zero-order valence-electron chi connectivity index (χ0n) is 7.62. The maximum absolute atomic E-state index is 11.1. The summed E-state index contributed by atoms with van der Waals surface area (Å²) in [6, 6.07) is 0. The fourth-order valence-corrected chi connectivity index (χ4v) is 1.81. The van der Waals surface area contributed by atoms with Crippen molar-refractivity contribution in [1.82, 2.24) is 0 Å². The van der Waals surface area contributed by atoms with Crippen LogP contribution >= 0.6 is 0 Å². The van der Waals surface area contributed by atoms with Crippen LogP contribution < -0.4 is 0 Å². The van der Waals surface area contributed by atoms with Gasteiger partial charge in [-0.1, -0.05) is 0 Å². The van der Waals surface area contributed by atoms with Gasteiger partial charge in [0.05, 0.1) is 13.7 Å². The largest absolute Gasteiger partial charge is 0.467 e. The number of hydrogen-bond acceptors (Lipinski definition) is 6. The van der Waals surface area contributed by atoms with E-state index in [1.807, 2.05) is 0 Å². The van der Waals surface area contributed by atoms with Crippen LogP contribution in [0, 0.1) is 0 Å². The van der Waals surface area contributed by atoms with Crippen LogP contribution in [-0.4, -0.2) is 60.4 Å². The highest BCUT2D eigenvalue weighted by Gasteiger charge is 2.54. The van der Waals surface area contributed by atoms with Crippen molar-refractivity contribution >= 4 is 5.97 Å². The van der Waals surface area contributed by atoms with Gasteiger partial charge in [-0.3, -0.25) is 0 Å². The topological polar surface area (TPSA) is 85.2 Å². The Kier molecular flexibility index (Phi) is 2.44. The first kappa shape index (κ1) is 9.85. The summed E-state index contributed by atoms with van der Waals surface area (Å²) in [5.41, 5.74) is 0. The zero-order valence-corrected chi connectivity index (χ0v) is 7.62. The fourth-order valence-electron chi connectivity index (χ4n) is 1.81.